The Morgan fingerprint density at radius 3 is 2.69 bits per heavy atom. The number of anilines is 2. The molecule has 0 aliphatic rings. The molecule has 0 spiro atoms. The Morgan fingerprint density at radius 2 is 1.96 bits per heavy atom. The summed E-state index contributed by atoms with van der Waals surface area (Å²) in [6.45, 7) is 1.87. The van der Waals surface area contributed by atoms with Gasteiger partial charge in [0, 0.05) is 18.1 Å². The number of nitrogens with one attached hydrogen (secondary N) is 2. The van der Waals surface area contributed by atoms with Crippen LogP contribution in [0.4, 0.5) is 11.6 Å². The molecule has 0 aliphatic heterocycles. The van der Waals surface area contributed by atoms with E-state index in [1.54, 1.807) is 16.2 Å². The molecule has 0 aliphatic carbocycles. The topological polar surface area (TPSA) is 97.1 Å². The fourth-order valence-electron chi connectivity index (χ4n) is 2.38. The summed E-state index contributed by atoms with van der Waals surface area (Å²) in [4.78, 5) is 26.0. The van der Waals surface area contributed by atoms with Gasteiger partial charge in [0.15, 0.2) is 0 Å². The summed E-state index contributed by atoms with van der Waals surface area (Å²) < 4.78 is 1.69. The molecular formula is C17H15N7OS. The number of carbonyl (C=O) groups excluding carboxylic acids is 1. The third-order valence-electron chi connectivity index (χ3n) is 3.74. The molecule has 0 bridgehead atoms. The number of carbonyl (C=O) groups is 1. The molecule has 9 heteroatoms. The Balaban J connectivity index is 1.42. The van der Waals surface area contributed by atoms with Crippen molar-refractivity contribution in [2.45, 2.75) is 13.0 Å². The van der Waals surface area contributed by atoms with Gasteiger partial charge in [-0.05, 0) is 19.1 Å². The van der Waals surface area contributed by atoms with Crippen LogP contribution in [0.15, 0.2) is 54.4 Å². The molecule has 0 saturated carbocycles. The van der Waals surface area contributed by atoms with Crippen LogP contribution in [-0.2, 0) is 0 Å². The largest absolute Gasteiger partial charge is 0.344 e. The number of para-hydroxylation sites is 1. The highest BCUT2D eigenvalue weighted by molar-refractivity contribution is 7.14. The number of nitrogens with zero attached hydrogens (tertiary/aromatic N) is 5. The average Bonchev–Trinajstić information content (AvgIpc) is 3.25. The van der Waals surface area contributed by atoms with Gasteiger partial charge in [0.2, 0.25) is 10.9 Å². The first-order chi connectivity index (χ1) is 12.7. The molecule has 0 fully saturated rings. The first kappa shape index (κ1) is 16.2. The summed E-state index contributed by atoms with van der Waals surface area (Å²) >= 11 is 1.44. The van der Waals surface area contributed by atoms with E-state index in [1.165, 1.54) is 23.7 Å². The van der Waals surface area contributed by atoms with E-state index in [9.17, 15) is 4.79 Å². The molecule has 0 saturated heterocycles. The van der Waals surface area contributed by atoms with E-state index >= 15 is 0 Å². The van der Waals surface area contributed by atoms with Crippen LogP contribution in [-0.4, -0.2) is 30.5 Å². The van der Waals surface area contributed by atoms with Gasteiger partial charge in [0.05, 0.1) is 23.5 Å². The second-order valence-electron chi connectivity index (χ2n) is 5.61. The molecule has 2 N–H and O–H groups in total. The highest BCUT2D eigenvalue weighted by Gasteiger charge is 2.16. The average molecular weight is 365 g/mol. The van der Waals surface area contributed by atoms with Crippen LogP contribution in [0.5, 0.6) is 0 Å². The number of hydrogen-bond acceptors (Lipinski definition) is 7. The van der Waals surface area contributed by atoms with E-state index in [0.717, 1.165) is 16.3 Å². The number of aromatic nitrogens is 5. The standard InChI is InChI=1S/C17H15N7OS/c1-11(14-9-24-17(23-14)26-10-20-24)21-15(25)12-7-18-16(19-8-12)22-13-5-3-2-4-6-13/h2-11H,1H3,(H,21,25)(H,18,19,22)/t11-/m1/s1. The molecule has 1 atom stereocenters. The predicted molar refractivity (Wildman–Crippen MR) is 98.5 cm³/mol. The van der Waals surface area contributed by atoms with Crippen molar-refractivity contribution in [3.8, 4) is 0 Å². The summed E-state index contributed by atoms with van der Waals surface area (Å²) in [5.41, 5.74) is 3.74. The molecule has 4 rings (SSSR count). The van der Waals surface area contributed by atoms with E-state index < -0.39 is 0 Å². The summed E-state index contributed by atoms with van der Waals surface area (Å²) in [6.07, 6.45) is 4.79. The molecule has 0 radical (unpaired) electrons. The van der Waals surface area contributed by atoms with Crippen molar-refractivity contribution in [1.82, 2.24) is 29.9 Å². The van der Waals surface area contributed by atoms with Gasteiger partial charge in [-0.1, -0.05) is 29.5 Å². The van der Waals surface area contributed by atoms with Gasteiger partial charge in [-0.25, -0.2) is 19.5 Å². The maximum Gasteiger partial charge on any atom is 0.254 e. The van der Waals surface area contributed by atoms with Gasteiger partial charge in [0.1, 0.15) is 5.51 Å². The highest BCUT2D eigenvalue weighted by atomic mass is 32.1. The van der Waals surface area contributed by atoms with Gasteiger partial charge in [-0.15, -0.1) is 0 Å². The fraction of sp³-hybridized carbons (Fsp3) is 0.118. The summed E-state index contributed by atoms with van der Waals surface area (Å²) in [5, 5.41) is 10.1. The van der Waals surface area contributed by atoms with Crippen LogP contribution in [0, 0.1) is 0 Å². The molecule has 130 valence electrons. The second kappa shape index (κ2) is 6.89. The Morgan fingerprint density at radius 1 is 1.19 bits per heavy atom. The van der Waals surface area contributed by atoms with E-state index in [2.05, 4.69) is 30.7 Å². The van der Waals surface area contributed by atoms with Crippen molar-refractivity contribution in [3.63, 3.8) is 0 Å². The first-order valence-corrected chi connectivity index (χ1v) is 8.81. The molecule has 3 aromatic heterocycles. The summed E-state index contributed by atoms with van der Waals surface area (Å²) in [6, 6.07) is 9.34. The Labute approximate surface area is 153 Å². The molecule has 1 amide bonds. The quantitative estimate of drug-likeness (QED) is 0.564. The summed E-state index contributed by atoms with van der Waals surface area (Å²) in [7, 11) is 0. The van der Waals surface area contributed by atoms with Crippen LogP contribution in [0.3, 0.4) is 0 Å². The zero-order valence-electron chi connectivity index (χ0n) is 13.8. The van der Waals surface area contributed by atoms with Crippen molar-refractivity contribution < 1.29 is 4.79 Å². The Bertz CT molecular complexity index is 998. The Hall–Kier alpha value is -3.33. The Kier molecular flexibility index (Phi) is 4.28. The number of hydrogen-bond donors (Lipinski definition) is 2. The third-order valence-corrected chi connectivity index (χ3v) is 4.43. The molecule has 4 aromatic rings. The molecule has 1 aromatic carbocycles. The van der Waals surface area contributed by atoms with Crippen molar-refractivity contribution in [2.75, 3.05) is 5.32 Å². The monoisotopic (exact) mass is 365 g/mol. The van der Waals surface area contributed by atoms with Crippen molar-refractivity contribution in [1.29, 1.82) is 0 Å². The predicted octanol–water partition coefficient (Wildman–Crippen LogP) is 2.82. The zero-order chi connectivity index (χ0) is 17.9. The SMILES string of the molecule is C[C@@H](NC(=O)c1cnc(Nc2ccccc2)nc1)c1cn2ncsc2n1. The number of rotatable bonds is 5. The highest BCUT2D eigenvalue weighted by Crippen LogP contribution is 2.16. The minimum absolute atomic E-state index is 0.251. The molecular weight excluding hydrogens is 350 g/mol. The van der Waals surface area contributed by atoms with Crippen LogP contribution in [0.2, 0.25) is 0 Å². The minimum Gasteiger partial charge on any atom is -0.344 e. The second-order valence-corrected chi connectivity index (χ2v) is 6.42. The van der Waals surface area contributed by atoms with E-state index in [0.29, 0.717) is 11.5 Å². The maximum atomic E-state index is 12.4. The van der Waals surface area contributed by atoms with Gasteiger partial charge in [-0.2, -0.15) is 5.10 Å². The number of imidazole rings is 1. The fourth-order valence-corrected chi connectivity index (χ4v) is 2.99. The molecule has 0 unspecified atom stereocenters. The van der Waals surface area contributed by atoms with E-state index in [1.807, 2.05) is 37.3 Å². The minimum atomic E-state index is -0.256. The molecule has 26 heavy (non-hydrogen) atoms. The molecule has 8 nitrogen and oxygen atoms in total. The van der Waals surface area contributed by atoms with Crippen molar-refractivity contribution >= 4 is 33.8 Å². The van der Waals surface area contributed by atoms with Crippen LogP contribution >= 0.6 is 11.3 Å². The third kappa shape index (κ3) is 3.38. The van der Waals surface area contributed by atoms with Gasteiger partial charge < -0.3 is 10.6 Å². The zero-order valence-corrected chi connectivity index (χ0v) is 14.6. The lowest BCUT2D eigenvalue weighted by molar-refractivity contribution is 0.0938. The van der Waals surface area contributed by atoms with Crippen molar-refractivity contribution in [3.05, 3.63) is 65.7 Å². The van der Waals surface area contributed by atoms with E-state index in [4.69, 9.17) is 0 Å². The lowest BCUT2D eigenvalue weighted by atomic mass is 10.2. The normalized spacial score (nSPS) is 12.0. The lowest BCUT2D eigenvalue weighted by Gasteiger charge is -2.11. The van der Waals surface area contributed by atoms with Crippen LogP contribution in [0.1, 0.15) is 29.0 Å². The number of fused-ring (bicyclic) bond motifs is 1. The lowest BCUT2D eigenvalue weighted by Crippen LogP contribution is -2.27. The van der Waals surface area contributed by atoms with Gasteiger partial charge >= 0.3 is 0 Å². The van der Waals surface area contributed by atoms with Crippen LogP contribution < -0.4 is 10.6 Å². The van der Waals surface area contributed by atoms with Crippen molar-refractivity contribution in [2.24, 2.45) is 0 Å². The number of amides is 1. The van der Waals surface area contributed by atoms with Crippen LogP contribution in [0.25, 0.3) is 4.96 Å². The summed E-state index contributed by atoms with van der Waals surface area (Å²) in [5.74, 6) is 0.175. The smallest absolute Gasteiger partial charge is 0.254 e. The molecule has 3 heterocycles. The first-order valence-electron chi connectivity index (χ1n) is 7.93. The van der Waals surface area contributed by atoms with Gasteiger partial charge in [0.25, 0.3) is 5.91 Å². The van der Waals surface area contributed by atoms with E-state index in [-0.39, 0.29) is 11.9 Å². The number of benzene rings is 1. The maximum absolute atomic E-state index is 12.4. The van der Waals surface area contributed by atoms with Gasteiger partial charge in [-0.3, -0.25) is 4.79 Å².